The number of carbonyl (C=O) groups excluding carboxylic acids is 1. The van der Waals surface area contributed by atoms with Gasteiger partial charge in [-0.25, -0.2) is 9.78 Å². The second kappa shape index (κ2) is 6.45. The van der Waals surface area contributed by atoms with Crippen LogP contribution in [-0.2, 0) is 4.79 Å². The van der Waals surface area contributed by atoms with E-state index < -0.39 is 17.9 Å². The maximum absolute atomic E-state index is 11.9. The minimum absolute atomic E-state index is 0.0160. The predicted octanol–water partition coefficient (Wildman–Crippen LogP) is 1.79. The van der Waals surface area contributed by atoms with Crippen molar-refractivity contribution in [2.45, 2.75) is 46.6 Å². The predicted molar refractivity (Wildman–Crippen MR) is 74.3 cm³/mol. The lowest BCUT2D eigenvalue weighted by Gasteiger charge is -2.21. The van der Waals surface area contributed by atoms with Gasteiger partial charge in [0.25, 0.3) is 5.91 Å². The monoisotopic (exact) mass is 279 g/mol. The van der Waals surface area contributed by atoms with Crippen LogP contribution in [0.1, 0.15) is 49.8 Å². The van der Waals surface area contributed by atoms with Gasteiger partial charge in [0, 0.05) is 6.20 Å². The Morgan fingerprint density at radius 3 is 2.40 bits per heavy atom. The maximum Gasteiger partial charge on any atom is 0.326 e. The number of carboxylic acids is 1. The van der Waals surface area contributed by atoms with Crippen LogP contribution in [0.2, 0.25) is 0 Å². The van der Waals surface area contributed by atoms with Gasteiger partial charge in [0.2, 0.25) is 0 Å². The van der Waals surface area contributed by atoms with Crippen molar-refractivity contribution in [1.82, 2.24) is 15.3 Å². The van der Waals surface area contributed by atoms with Gasteiger partial charge in [0.05, 0.1) is 11.9 Å². The smallest absolute Gasteiger partial charge is 0.326 e. The zero-order valence-corrected chi connectivity index (χ0v) is 12.3. The second-order valence-corrected chi connectivity index (χ2v) is 6.01. The van der Waals surface area contributed by atoms with E-state index in [1.54, 1.807) is 6.92 Å². The van der Waals surface area contributed by atoms with Gasteiger partial charge in [-0.1, -0.05) is 20.8 Å². The molecule has 1 unspecified atom stereocenters. The number of nitrogens with zero attached hydrogens (tertiary/aromatic N) is 2. The van der Waals surface area contributed by atoms with Crippen molar-refractivity contribution in [1.29, 1.82) is 0 Å². The second-order valence-electron chi connectivity index (χ2n) is 6.01. The molecule has 0 radical (unpaired) electrons. The molecule has 6 nitrogen and oxygen atoms in total. The highest BCUT2D eigenvalue weighted by molar-refractivity contribution is 5.94. The summed E-state index contributed by atoms with van der Waals surface area (Å²) in [6.45, 7) is 7.84. The quantitative estimate of drug-likeness (QED) is 0.857. The average molecular weight is 279 g/mol. The van der Waals surface area contributed by atoms with Crippen LogP contribution in [0.5, 0.6) is 0 Å². The summed E-state index contributed by atoms with van der Waals surface area (Å²) in [7, 11) is 0. The van der Waals surface area contributed by atoms with Crippen molar-refractivity contribution in [2.75, 3.05) is 0 Å². The van der Waals surface area contributed by atoms with E-state index in [2.05, 4.69) is 15.3 Å². The maximum atomic E-state index is 11.9. The van der Waals surface area contributed by atoms with Crippen molar-refractivity contribution in [2.24, 2.45) is 5.41 Å². The molecule has 0 saturated carbocycles. The summed E-state index contributed by atoms with van der Waals surface area (Å²) < 4.78 is 0. The molecule has 1 rings (SSSR count). The molecule has 1 atom stereocenters. The lowest BCUT2D eigenvalue weighted by molar-refractivity contribution is -0.139. The highest BCUT2D eigenvalue weighted by atomic mass is 16.4. The Bertz CT molecular complexity index is 477. The van der Waals surface area contributed by atoms with E-state index in [9.17, 15) is 9.59 Å². The average Bonchev–Trinajstić information content (AvgIpc) is 2.33. The first-order chi connectivity index (χ1) is 9.19. The van der Waals surface area contributed by atoms with Crippen LogP contribution in [0.3, 0.4) is 0 Å². The van der Waals surface area contributed by atoms with Gasteiger partial charge in [-0.3, -0.25) is 9.78 Å². The van der Waals surface area contributed by atoms with Crippen molar-refractivity contribution in [3.63, 3.8) is 0 Å². The van der Waals surface area contributed by atoms with Crippen molar-refractivity contribution < 1.29 is 14.7 Å². The number of aromatic nitrogens is 2. The van der Waals surface area contributed by atoms with Gasteiger partial charge in [0.15, 0.2) is 0 Å². The standard InChI is InChI=1S/C14H21N3O3/c1-9-7-16-11(8-15-9)12(18)17-10(13(19)20)5-6-14(2,3)4/h7-8,10H,5-6H2,1-4H3,(H,17,18)(H,19,20). The number of hydrogen-bond acceptors (Lipinski definition) is 4. The highest BCUT2D eigenvalue weighted by Gasteiger charge is 2.23. The summed E-state index contributed by atoms with van der Waals surface area (Å²) >= 11 is 0. The summed E-state index contributed by atoms with van der Waals surface area (Å²) in [5, 5.41) is 11.6. The van der Waals surface area contributed by atoms with Crippen molar-refractivity contribution in [3.05, 3.63) is 23.8 Å². The van der Waals surface area contributed by atoms with E-state index in [0.29, 0.717) is 18.5 Å². The number of aryl methyl sites for hydroxylation is 1. The van der Waals surface area contributed by atoms with E-state index in [0.717, 1.165) is 0 Å². The molecular weight excluding hydrogens is 258 g/mol. The molecular formula is C14H21N3O3. The van der Waals surface area contributed by atoms with Crippen LogP contribution in [0.25, 0.3) is 0 Å². The van der Waals surface area contributed by atoms with Gasteiger partial charge in [-0.15, -0.1) is 0 Å². The molecule has 0 aromatic carbocycles. The Morgan fingerprint density at radius 2 is 1.95 bits per heavy atom. The Kier molecular flexibility index (Phi) is 5.19. The molecule has 0 aliphatic heterocycles. The van der Waals surface area contributed by atoms with Crippen LogP contribution in [0.15, 0.2) is 12.4 Å². The number of rotatable bonds is 5. The minimum atomic E-state index is -1.04. The number of amides is 1. The van der Waals surface area contributed by atoms with Crippen LogP contribution < -0.4 is 5.32 Å². The summed E-state index contributed by atoms with van der Waals surface area (Å²) in [5.41, 5.74) is 0.837. The molecule has 2 N–H and O–H groups in total. The van der Waals surface area contributed by atoms with Gasteiger partial charge in [-0.2, -0.15) is 0 Å². The van der Waals surface area contributed by atoms with Crippen LogP contribution in [-0.4, -0.2) is 33.0 Å². The molecule has 1 amide bonds. The van der Waals surface area contributed by atoms with Crippen molar-refractivity contribution in [3.8, 4) is 0 Å². The number of carbonyl (C=O) groups is 2. The topological polar surface area (TPSA) is 92.2 Å². The first kappa shape index (κ1) is 16.1. The third kappa shape index (κ3) is 5.34. The lowest BCUT2D eigenvalue weighted by Crippen LogP contribution is -2.41. The molecule has 20 heavy (non-hydrogen) atoms. The number of hydrogen-bond donors (Lipinski definition) is 2. The zero-order valence-electron chi connectivity index (χ0n) is 12.3. The fourth-order valence-corrected chi connectivity index (χ4v) is 1.58. The third-order valence-electron chi connectivity index (χ3n) is 2.80. The van der Waals surface area contributed by atoms with Gasteiger partial charge in [0.1, 0.15) is 11.7 Å². The zero-order chi connectivity index (χ0) is 15.3. The Morgan fingerprint density at radius 1 is 1.30 bits per heavy atom. The van der Waals surface area contributed by atoms with E-state index in [-0.39, 0.29) is 11.1 Å². The molecule has 110 valence electrons. The normalized spacial score (nSPS) is 12.8. The first-order valence-electron chi connectivity index (χ1n) is 6.51. The van der Waals surface area contributed by atoms with Gasteiger partial charge < -0.3 is 10.4 Å². The van der Waals surface area contributed by atoms with E-state index in [1.165, 1.54) is 12.4 Å². The van der Waals surface area contributed by atoms with E-state index in [1.807, 2.05) is 20.8 Å². The van der Waals surface area contributed by atoms with Crippen LogP contribution >= 0.6 is 0 Å². The molecule has 6 heteroatoms. The molecule has 0 spiro atoms. The summed E-state index contributed by atoms with van der Waals surface area (Å²) in [6.07, 6.45) is 3.89. The molecule has 1 heterocycles. The molecule has 0 saturated heterocycles. The van der Waals surface area contributed by atoms with E-state index in [4.69, 9.17) is 5.11 Å². The number of nitrogens with one attached hydrogen (secondary N) is 1. The van der Waals surface area contributed by atoms with Crippen LogP contribution in [0.4, 0.5) is 0 Å². The van der Waals surface area contributed by atoms with Gasteiger partial charge in [-0.05, 0) is 25.2 Å². The third-order valence-corrected chi connectivity index (χ3v) is 2.80. The summed E-state index contributed by atoms with van der Waals surface area (Å²) in [6, 6.07) is -0.912. The number of aliphatic carboxylic acids is 1. The first-order valence-corrected chi connectivity index (χ1v) is 6.51. The molecule has 0 aliphatic rings. The fraction of sp³-hybridized carbons (Fsp3) is 0.571. The Labute approximate surface area is 118 Å². The van der Waals surface area contributed by atoms with Crippen molar-refractivity contribution >= 4 is 11.9 Å². The summed E-state index contributed by atoms with van der Waals surface area (Å²) in [4.78, 5) is 31.0. The molecule has 0 fully saturated rings. The van der Waals surface area contributed by atoms with E-state index >= 15 is 0 Å². The summed E-state index contributed by atoms with van der Waals surface area (Å²) in [5.74, 6) is -1.55. The van der Waals surface area contributed by atoms with Gasteiger partial charge >= 0.3 is 5.97 Å². The largest absolute Gasteiger partial charge is 0.480 e. The highest BCUT2D eigenvalue weighted by Crippen LogP contribution is 2.21. The lowest BCUT2D eigenvalue weighted by atomic mass is 9.88. The minimum Gasteiger partial charge on any atom is -0.480 e. The Balaban J connectivity index is 2.68. The fourth-order valence-electron chi connectivity index (χ4n) is 1.58. The van der Waals surface area contributed by atoms with Crippen LogP contribution in [0, 0.1) is 12.3 Å². The molecule has 0 aliphatic carbocycles. The molecule has 0 bridgehead atoms. The Hall–Kier alpha value is -1.98. The molecule has 1 aromatic heterocycles. The number of carboxylic acid groups (broad SMARTS) is 1. The molecule has 1 aromatic rings. The SMILES string of the molecule is Cc1cnc(C(=O)NC(CCC(C)(C)C)C(=O)O)cn1.